The van der Waals surface area contributed by atoms with E-state index in [0.717, 1.165) is 0 Å². The molecule has 0 unspecified atom stereocenters. The Hall–Kier alpha value is -1.14. The number of nitrogens with two attached hydrogens (primary N) is 1. The summed E-state index contributed by atoms with van der Waals surface area (Å²) in [5, 5.41) is 12.3. The summed E-state index contributed by atoms with van der Waals surface area (Å²) in [7, 11) is 0. The fourth-order valence-corrected chi connectivity index (χ4v) is 2.02. The standard InChI is InChI=1S/C12H18BrN3O2/c1-3-12(4-2,7-17)16-11(18)8-5-10(14)15-6-9(8)13/h5-6,17H,3-4,7H2,1-2H3,(H2,14,15)(H,16,18). The molecule has 0 fully saturated rings. The van der Waals surface area contributed by atoms with E-state index in [4.69, 9.17) is 5.73 Å². The summed E-state index contributed by atoms with van der Waals surface area (Å²) in [4.78, 5) is 16.1. The van der Waals surface area contributed by atoms with Gasteiger partial charge >= 0.3 is 0 Å². The molecule has 0 aliphatic rings. The molecule has 0 aliphatic heterocycles. The first-order valence-electron chi connectivity index (χ1n) is 5.82. The van der Waals surface area contributed by atoms with Crippen molar-refractivity contribution in [2.45, 2.75) is 32.2 Å². The van der Waals surface area contributed by atoms with Crippen LogP contribution >= 0.6 is 15.9 Å². The Morgan fingerprint density at radius 1 is 1.56 bits per heavy atom. The number of hydrogen-bond acceptors (Lipinski definition) is 4. The Kier molecular flexibility index (Phi) is 5.10. The lowest BCUT2D eigenvalue weighted by molar-refractivity contribution is 0.0817. The molecule has 18 heavy (non-hydrogen) atoms. The quantitative estimate of drug-likeness (QED) is 0.771. The number of anilines is 1. The van der Waals surface area contributed by atoms with Gasteiger partial charge in [0.1, 0.15) is 5.82 Å². The van der Waals surface area contributed by atoms with Crippen LogP contribution in [0.4, 0.5) is 5.82 Å². The molecular formula is C12H18BrN3O2. The minimum Gasteiger partial charge on any atom is -0.394 e. The molecule has 0 saturated carbocycles. The second kappa shape index (κ2) is 6.15. The van der Waals surface area contributed by atoms with Crippen LogP contribution in [0.2, 0.25) is 0 Å². The van der Waals surface area contributed by atoms with Crippen molar-refractivity contribution in [1.82, 2.24) is 10.3 Å². The highest BCUT2D eigenvalue weighted by molar-refractivity contribution is 9.10. The number of carbonyl (C=O) groups is 1. The zero-order valence-corrected chi connectivity index (χ0v) is 12.1. The van der Waals surface area contributed by atoms with Crippen LogP contribution in [-0.2, 0) is 0 Å². The fraction of sp³-hybridized carbons (Fsp3) is 0.500. The van der Waals surface area contributed by atoms with E-state index >= 15 is 0 Å². The van der Waals surface area contributed by atoms with Crippen molar-refractivity contribution in [2.24, 2.45) is 0 Å². The van der Waals surface area contributed by atoms with Crippen molar-refractivity contribution in [3.8, 4) is 0 Å². The highest BCUT2D eigenvalue weighted by Gasteiger charge is 2.28. The van der Waals surface area contributed by atoms with E-state index in [1.165, 1.54) is 12.3 Å². The number of aliphatic hydroxyl groups is 1. The molecule has 100 valence electrons. The number of rotatable bonds is 5. The lowest BCUT2D eigenvalue weighted by Crippen LogP contribution is -2.50. The van der Waals surface area contributed by atoms with Crippen LogP contribution in [0.3, 0.4) is 0 Å². The number of amides is 1. The van der Waals surface area contributed by atoms with Crippen LogP contribution in [0.15, 0.2) is 16.7 Å². The summed E-state index contributed by atoms with van der Waals surface area (Å²) >= 11 is 3.26. The molecule has 0 aromatic carbocycles. The molecule has 1 rings (SSSR count). The van der Waals surface area contributed by atoms with Crippen molar-refractivity contribution in [1.29, 1.82) is 0 Å². The van der Waals surface area contributed by atoms with Gasteiger partial charge in [-0.05, 0) is 34.8 Å². The first kappa shape index (κ1) is 14.9. The van der Waals surface area contributed by atoms with E-state index in [1.807, 2.05) is 13.8 Å². The number of carbonyl (C=O) groups excluding carboxylic acids is 1. The summed E-state index contributed by atoms with van der Waals surface area (Å²) < 4.78 is 0.577. The van der Waals surface area contributed by atoms with E-state index in [1.54, 1.807) is 0 Å². The van der Waals surface area contributed by atoms with Crippen molar-refractivity contribution in [3.05, 3.63) is 22.3 Å². The third-order valence-corrected chi connectivity index (χ3v) is 3.79. The summed E-state index contributed by atoms with van der Waals surface area (Å²) in [6.07, 6.45) is 2.80. The minimum atomic E-state index is -0.589. The van der Waals surface area contributed by atoms with E-state index in [9.17, 15) is 9.90 Å². The molecule has 4 N–H and O–H groups in total. The van der Waals surface area contributed by atoms with E-state index < -0.39 is 5.54 Å². The van der Waals surface area contributed by atoms with E-state index in [0.29, 0.717) is 22.9 Å². The number of hydrogen-bond donors (Lipinski definition) is 3. The van der Waals surface area contributed by atoms with Gasteiger partial charge in [0, 0.05) is 10.7 Å². The summed E-state index contributed by atoms with van der Waals surface area (Å²) in [6.45, 7) is 3.76. The van der Waals surface area contributed by atoms with Crippen LogP contribution in [0.1, 0.15) is 37.0 Å². The lowest BCUT2D eigenvalue weighted by atomic mass is 9.93. The van der Waals surface area contributed by atoms with Gasteiger partial charge in [-0.15, -0.1) is 0 Å². The Morgan fingerprint density at radius 3 is 2.67 bits per heavy atom. The third kappa shape index (κ3) is 3.20. The van der Waals surface area contributed by atoms with Gasteiger partial charge in [-0.25, -0.2) is 4.98 Å². The van der Waals surface area contributed by atoms with Crippen LogP contribution < -0.4 is 11.1 Å². The molecule has 0 bridgehead atoms. The summed E-state index contributed by atoms with van der Waals surface area (Å²) in [5.74, 6) is 0.0136. The van der Waals surface area contributed by atoms with Crippen LogP contribution in [-0.4, -0.2) is 28.1 Å². The largest absolute Gasteiger partial charge is 0.394 e. The average molecular weight is 316 g/mol. The fourth-order valence-electron chi connectivity index (χ4n) is 1.63. The van der Waals surface area contributed by atoms with Crippen LogP contribution in [0.5, 0.6) is 0 Å². The second-order valence-electron chi connectivity index (χ2n) is 4.19. The normalized spacial score (nSPS) is 11.3. The highest BCUT2D eigenvalue weighted by atomic mass is 79.9. The van der Waals surface area contributed by atoms with Gasteiger partial charge in [0.15, 0.2) is 0 Å². The molecular weight excluding hydrogens is 298 g/mol. The maximum absolute atomic E-state index is 12.2. The number of halogens is 1. The zero-order chi connectivity index (χ0) is 13.8. The van der Waals surface area contributed by atoms with Gasteiger partial charge < -0.3 is 16.2 Å². The Morgan fingerprint density at radius 2 is 2.17 bits per heavy atom. The monoisotopic (exact) mass is 315 g/mol. The number of nitrogen functional groups attached to an aromatic ring is 1. The molecule has 1 amide bonds. The molecule has 0 aliphatic carbocycles. The van der Waals surface area contributed by atoms with E-state index in [-0.39, 0.29) is 18.3 Å². The Labute approximate surface area is 115 Å². The Bertz CT molecular complexity index is 425. The molecule has 5 nitrogen and oxygen atoms in total. The van der Waals surface area contributed by atoms with Gasteiger partial charge in [0.05, 0.1) is 17.7 Å². The third-order valence-electron chi connectivity index (χ3n) is 3.16. The molecule has 0 spiro atoms. The van der Waals surface area contributed by atoms with E-state index in [2.05, 4.69) is 26.2 Å². The molecule has 0 atom stereocenters. The topological polar surface area (TPSA) is 88.2 Å². The molecule has 1 heterocycles. The average Bonchev–Trinajstić information content (AvgIpc) is 2.38. The first-order valence-corrected chi connectivity index (χ1v) is 6.61. The van der Waals surface area contributed by atoms with Gasteiger partial charge in [-0.1, -0.05) is 13.8 Å². The van der Waals surface area contributed by atoms with Crippen molar-refractivity contribution in [2.75, 3.05) is 12.3 Å². The predicted molar refractivity (Wildman–Crippen MR) is 74.2 cm³/mol. The maximum atomic E-state index is 12.2. The molecule has 6 heteroatoms. The SMILES string of the molecule is CCC(CC)(CO)NC(=O)c1cc(N)ncc1Br. The molecule has 1 aromatic heterocycles. The molecule has 0 saturated heterocycles. The second-order valence-corrected chi connectivity index (χ2v) is 5.04. The number of aromatic nitrogens is 1. The lowest BCUT2D eigenvalue weighted by Gasteiger charge is -2.30. The summed E-state index contributed by atoms with van der Waals surface area (Å²) in [5.41, 5.74) is 5.40. The summed E-state index contributed by atoms with van der Waals surface area (Å²) in [6, 6.07) is 1.51. The van der Waals surface area contributed by atoms with Crippen LogP contribution in [0, 0.1) is 0 Å². The van der Waals surface area contributed by atoms with Crippen LogP contribution in [0.25, 0.3) is 0 Å². The zero-order valence-electron chi connectivity index (χ0n) is 10.5. The number of aliphatic hydroxyl groups excluding tert-OH is 1. The van der Waals surface area contributed by atoms with Gasteiger partial charge in [-0.2, -0.15) is 0 Å². The maximum Gasteiger partial charge on any atom is 0.253 e. The number of pyridine rings is 1. The highest BCUT2D eigenvalue weighted by Crippen LogP contribution is 2.20. The number of nitrogens with zero attached hydrogens (tertiary/aromatic N) is 1. The molecule has 1 aromatic rings. The van der Waals surface area contributed by atoms with Crippen molar-refractivity contribution in [3.63, 3.8) is 0 Å². The van der Waals surface area contributed by atoms with Crippen molar-refractivity contribution >= 4 is 27.7 Å². The van der Waals surface area contributed by atoms with Gasteiger partial charge in [0.2, 0.25) is 0 Å². The first-order chi connectivity index (χ1) is 8.48. The minimum absolute atomic E-state index is 0.0933. The van der Waals surface area contributed by atoms with Gasteiger partial charge in [-0.3, -0.25) is 4.79 Å². The number of nitrogens with one attached hydrogen (secondary N) is 1. The predicted octanol–water partition coefficient (Wildman–Crippen LogP) is 1.71. The Balaban J connectivity index is 2.97. The van der Waals surface area contributed by atoms with Crippen molar-refractivity contribution < 1.29 is 9.90 Å². The molecule has 0 radical (unpaired) electrons. The van der Waals surface area contributed by atoms with Gasteiger partial charge in [0.25, 0.3) is 5.91 Å². The smallest absolute Gasteiger partial charge is 0.253 e.